The van der Waals surface area contributed by atoms with Crippen LogP contribution in [0.1, 0.15) is 12.8 Å². The van der Waals surface area contributed by atoms with Crippen molar-refractivity contribution in [1.29, 1.82) is 0 Å². The zero-order valence-corrected chi connectivity index (χ0v) is 16.9. The standard InChI is InChI=1S/C21H25FN4O4/c1-28-18-10-23-21(24-11-18)25-8-6-16(7-9-25)26-12-19(30-14-20(26)27)13-29-17-4-2-15(22)3-5-17/h2-5,10-11,16,19H,6-9,12-14H2,1H3. The first-order valence-corrected chi connectivity index (χ1v) is 10.0. The topological polar surface area (TPSA) is 77.0 Å². The van der Waals surface area contributed by atoms with E-state index in [2.05, 4.69) is 14.9 Å². The summed E-state index contributed by atoms with van der Waals surface area (Å²) in [5.41, 5.74) is 0. The maximum Gasteiger partial charge on any atom is 0.248 e. The van der Waals surface area contributed by atoms with Crippen LogP contribution in [-0.2, 0) is 9.53 Å². The molecule has 0 radical (unpaired) electrons. The molecule has 160 valence electrons. The van der Waals surface area contributed by atoms with Gasteiger partial charge in [0.1, 0.15) is 30.9 Å². The van der Waals surface area contributed by atoms with Gasteiger partial charge in [0.25, 0.3) is 0 Å². The van der Waals surface area contributed by atoms with Crippen LogP contribution in [0.15, 0.2) is 36.7 Å². The van der Waals surface area contributed by atoms with Gasteiger partial charge in [-0.15, -0.1) is 0 Å². The predicted molar refractivity (Wildman–Crippen MR) is 107 cm³/mol. The van der Waals surface area contributed by atoms with Crippen LogP contribution in [-0.4, -0.2) is 72.9 Å². The lowest BCUT2D eigenvalue weighted by Crippen LogP contribution is -2.55. The largest absolute Gasteiger partial charge is 0.494 e. The number of ether oxygens (including phenoxy) is 3. The highest BCUT2D eigenvalue weighted by atomic mass is 19.1. The Morgan fingerprint density at radius 3 is 2.50 bits per heavy atom. The third-order valence-corrected chi connectivity index (χ3v) is 5.45. The van der Waals surface area contributed by atoms with Crippen molar-refractivity contribution in [3.63, 3.8) is 0 Å². The fourth-order valence-electron chi connectivity index (χ4n) is 3.78. The highest BCUT2D eigenvalue weighted by molar-refractivity contribution is 5.78. The van der Waals surface area contributed by atoms with Gasteiger partial charge in [0.05, 0.1) is 26.0 Å². The number of nitrogens with zero attached hydrogens (tertiary/aromatic N) is 4. The van der Waals surface area contributed by atoms with Gasteiger partial charge in [-0.05, 0) is 37.1 Å². The van der Waals surface area contributed by atoms with E-state index in [0.717, 1.165) is 25.9 Å². The number of aromatic nitrogens is 2. The van der Waals surface area contributed by atoms with Crippen molar-refractivity contribution in [2.75, 3.05) is 44.9 Å². The van der Waals surface area contributed by atoms with Crippen molar-refractivity contribution in [3.8, 4) is 11.5 Å². The van der Waals surface area contributed by atoms with Crippen LogP contribution in [0.25, 0.3) is 0 Å². The van der Waals surface area contributed by atoms with Crippen molar-refractivity contribution < 1.29 is 23.4 Å². The van der Waals surface area contributed by atoms with Crippen LogP contribution in [0.2, 0.25) is 0 Å². The second kappa shape index (κ2) is 9.25. The molecule has 0 spiro atoms. The summed E-state index contributed by atoms with van der Waals surface area (Å²) in [6.45, 7) is 2.41. The number of hydrogen-bond acceptors (Lipinski definition) is 7. The molecule has 8 nitrogen and oxygen atoms in total. The molecular formula is C21H25FN4O4. The Kier molecular flexibility index (Phi) is 6.27. The number of carbonyl (C=O) groups excluding carboxylic acids is 1. The number of amides is 1. The van der Waals surface area contributed by atoms with Gasteiger partial charge in [-0.2, -0.15) is 0 Å². The quantitative estimate of drug-likeness (QED) is 0.712. The lowest BCUT2D eigenvalue weighted by Gasteiger charge is -2.42. The first-order chi connectivity index (χ1) is 14.6. The Hall–Kier alpha value is -2.94. The Bertz CT molecular complexity index is 841. The molecule has 0 bridgehead atoms. The molecule has 9 heteroatoms. The van der Waals surface area contributed by atoms with E-state index in [4.69, 9.17) is 14.2 Å². The normalized spacial score (nSPS) is 20.3. The minimum atomic E-state index is -0.306. The molecule has 0 saturated carbocycles. The van der Waals surface area contributed by atoms with Gasteiger partial charge in [-0.25, -0.2) is 14.4 Å². The molecule has 30 heavy (non-hydrogen) atoms. The number of methoxy groups -OCH3 is 1. The summed E-state index contributed by atoms with van der Waals surface area (Å²) in [4.78, 5) is 25.2. The number of halogens is 1. The molecule has 4 rings (SSSR count). The molecule has 2 fully saturated rings. The Balaban J connectivity index is 1.29. The number of benzene rings is 1. The van der Waals surface area contributed by atoms with Crippen LogP contribution >= 0.6 is 0 Å². The van der Waals surface area contributed by atoms with Crippen molar-refractivity contribution in [3.05, 3.63) is 42.5 Å². The maximum atomic E-state index is 13.0. The summed E-state index contributed by atoms with van der Waals surface area (Å²) in [7, 11) is 1.58. The van der Waals surface area contributed by atoms with E-state index < -0.39 is 0 Å². The van der Waals surface area contributed by atoms with Crippen molar-refractivity contribution in [1.82, 2.24) is 14.9 Å². The summed E-state index contributed by atoms with van der Waals surface area (Å²) in [6, 6.07) is 6.03. The SMILES string of the molecule is COc1cnc(N2CCC(N3CC(COc4ccc(F)cc4)OCC3=O)CC2)nc1. The van der Waals surface area contributed by atoms with Gasteiger partial charge in [0, 0.05) is 19.1 Å². The minimum Gasteiger partial charge on any atom is -0.494 e. The molecule has 0 N–H and O–H groups in total. The van der Waals surface area contributed by atoms with Crippen molar-refractivity contribution >= 4 is 11.9 Å². The van der Waals surface area contributed by atoms with Crippen LogP contribution in [0.3, 0.4) is 0 Å². The molecule has 0 aliphatic carbocycles. The van der Waals surface area contributed by atoms with Gasteiger partial charge in [0.2, 0.25) is 11.9 Å². The highest BCUT2D eigenvalue weighted by Gasteiger charge is 2.34. The van der Waals surface area contributed by atoms with Gasteiger partial charge in [-0.3, -0.25) is 4.79 Å². The monoisotopic (exact) mass is 416 g/mol. The summed E-state index contributed by atoms with van der Waals surface area (Å²) in [5.74, 6) is 1.58. The van der Waals surface area contributed by atoms with Crippen LogP contribution < -0.4 is 14.4 Å². The molecule has 1 aromatic carbocycles. The van der Waals surface area contributed by atoms with Crippen LogP contribution in [0.4, 0.5) is 10.3 Å². The lowest BCUT2D eigenvalue weighted by molar-refractivity contribution is -0.154. The minimum absolute atomic E-state index is 0.00665. The molecule has 2 aliphatic heterocycles. The highest BCUT2D eigenvalue weighted by Crippen LogP contribution is 2.23. The number of rotatable bonds is 6. The van der Waals surface area contributed by atoms with Crippen LogP contribution in [0, 0.1) is 5.82 Å². The van der Waals surface area contributed by atoms with Crippen molar-refractivity contribution in [2.24, 2.45) is 0 Å². The zero-order valence-electron chi connectivity index (χ0n) is 16.9. The Morgan fingerprint density at radius 2 is 1.83 bits per heavy atom. The number of hydrogen-bond donors (Lipinski definition) is 0. The summed E-state index contributed by atoms with van der Waals surface area (Å²) in [6.07, 6.45) is 4.78. The molecule has 1 atom stereocenters. The first kappa shape index (κ1) is 20.3. The van der Waals surface area contributed by atoms with E-state index in [9.17, 15) is 9.18 Å². The summed E-state index contributed by atoms with van der Waals surface area (Å²) in [5, 5.41) is 0. The summed E-state index contributed by atoms with van der Waals surface area (Å²) >= 11 is 0. The Labute approximate surface area is 174 Å². The second-order valence-electron chi connectivity index (χ2n) is 7.39. The van der Waals surface area contributed by atoms with E-state index in [0.29, 0.717) is 30.6 Å². The number of carbonyl (C=O) groups is 1. The molecule has 1 aromatic heterocycles. The van der Waals surface area contributed by atoms with E-state index in [1.807, 2.05) is 4.90 Å². The molecule has 2 saturated heterocycles. The fourth-order valence-corrected chi connectivity index (χ4v) is 3.78. The summed E-state index contributed by atoms with van der Waals surface area (Å²) < 4.78 is 29.4. The third kappa shape index (κ3) is 4.79. The van der Waals surface area contributed by atoms with E-state index in [1.165, 1.54) is 12.1 Å². The smallest absolute Gasteiger partial charge is 0.248 e. The van der Waals surface area contributed by atoms with Crippen molar-refractivity contribution in [2.45, 2.75) is 25.0 Å². The lowest BCUT2D eigenvalue weighted by atomic mass is 10.0. The van der Waals surface area contributed by atoms with E-state index >= 15 is 0 Å². The molecule has 3 heterocycles. The fraction of sp³-hybridized carbons (Fsp3) is 0.476. The molecule has 1 unspecified atom stereocenters. The van der Waals surface area contributed by atoms with E-state index in [-0.39, 0.29) is 30.5 Å². The Morgan fingerprint density at radius 1 is 1.13 bits per heavy atom. The molecule has 1 amide bonds. The predicted octanol–water partition coefficient (Wildman–Crippen LogP) is 1.90. The van der Waals surface area contributed by atoms with Gasteiger partial charge in [-0.1, -0.05) is 0 Å². The molecule has 2 aromatic rings. The first-order valence-electron chi connectivity index (χ1n) is 10.0. The zero-order chi connectivity index (χ0) is 20.9. The average molecular weight is 416 g/mol. The third-order valence-electron chi connectivity index (χ3n) is 5.45. The van der Waals surface area contributed by atoms with Crippen LogP contribution in [0.5, 0.6) is 11.5 Å². The maximum absolute atomic E-state index is 13.0. The van der Waals surface area contributed by atoms with Gasteiger partial charge >= 0.3 is 0 Å². The molecule has 2 aliphatic rings. The molecular weight excluding hydrogens is 391 g/mol. The van der Waals surface area contributed by atoms with E-state index in [1.54, 1.807) is 31.6 Å². The second-order valence-corrected chi connectivity index (χ2v) is 7.39. The van der Waals surface area contributed by atoms with Gasteiger partial charge in [0.15, 0.2) is 5.75 Å². The number of piperidine rings is 1. The van der Waals surface area contributed by atoms with Gasteiger partial charge < -0.3 is 24.0 Å². The number of anilines is 1. The average Bonchev–Trinajstić information content (AvgIpc) is 2.80. The number of morpholine rings is 1.